The molecule has 4 aromatic rings. The van der Waals surface area contributed by atoms with Crippen molar-refractivity contribution in [3.05, 3.63) is 102 Å². The molecule has 4 atom stereocenters. The molecule has 186 valence electrons. The lowest BCUT2D eigenvalue weighted by Gasteiger charge is -2.46. The predicted octanol–water partition coefficient (Wildman–Crippen LogP) is 8.77. The standard InChI is InChI=1S/C34H35N3/c1-5-30-33(6-2)26-16-11-12-17-28(26)36-29-18-13-21-35-31(29)37(32(36)34(30,33)7-3)27-20-19-25(22-23(27)4)24-14-9-8-10-15-24/h8-22,30,32H,5-7H2,1-4H3. The molecule has 0 radical (unpaired) electrons. The first-order valence-electron chi connectivity index (χ1n) is 13.9. The highest BCUT2D eigenvalue weighted by atomic mass is 15.5. The number of hydrogen-bond donors (Lipinski definition) is 0. The number of fused-ring (bicyclic) bond motifs is 8. The molecule has 0 N–H and O–H groups in total. The van der Waals surface area contributed by atoms with Gasteiger partial charge in [0, 0.05) is 28.4 Å². The minimum atomic E-state index is 0.163. The summed E-state index contributed by atoms with van der Waals surface area (Å²) in [6.45, 7) is 9.50. The van der Waals surface area contributed by atoms with Crippen molar-refractivity contribution in [2.75, 3.05) is 9.80 Å². The number of aromatic nitrogens is 1. The second-order valence-electron chi connectivity index (χ2n) is 11.0. The summed E-state index contributed by atoms with van der Waals surface area (Å²) in [6, 6.07) is 31.2. The molecule has 0 spiro atoms. The van der Waals surface area contributed by atoms with Crippen LogP contribution in [0.15, 0.2) is 91.1 Å². The Labute approximate surface area is 220 Å². The normalized spacial score (nSPS) is 26.8. The Morgan fingerprint density at radius 3 is 2.22 bits per heavy atom. The molecule has 3 aliphatic rings. The van der Waals surface area contributed by atoms with Crippen LogP contribution in [0, 0.1) is 18.3 Å². The van der Waals surface area contributed by atoms with Crippen LogP contribution in [-0.2, 0) is 5.41 Å². The Morgan fingerprint density at radius 2 is 1.49 bits per heavy atom. The molecule has 0 bridgehead atoms. The van der Waals surface area contributed by atoms with E-state index in [9.17, 15) is 0 Å². The van der Waals surface area contributed by atoms with E-state index >= 15 is 0 Å². The number of aryl methyl sites for hydroxylation is 1. The maximum atomic E-state index is 5.04. The first kappa shape index (κ1) is 22.6. The van der Waals surface area contributed by atoms with Gasteiger partial charge in [-0.2, -0.15) is 0 Å². The molecular formula is C34H35N3. The summed E-state index contributed by atoms with van der Waals surface area (Å²) < 4.78 is 0. The molecule has 2 aliphatic heterocycles. The van der Waals surface area contributed by atoms with Crippen LogP contribution in [0.5, 0.6) is 0 Å². The summed E-state index contributed by atoms with van der Waals surface area (Å²) in [7, 11) is 0. The zero-order valence-electron chi connectivity index (χ0n) is 22.3. The lowest BCUT2D eigenvalue weighted by molar-refractivity contribution is 0.301. The number of pyridine rings is 1. The van der Waals surface area contributed by atoms with Crippen LogP contribution in [0.4, 0.5) is 22.9 Å². The number of rotatable bonds is 5. The van der Waals surface area contributed by atoms with Gasteiger partial charge in [0.25, 0.3) is 0 Å². The van der Waals surface area contributed by atoms with Gasteiger partial charge in [0.05, 0.1) is 5.69 Å². The quantitative estimate of drug-likeness (QED) is 0.282. The maximum absolute atomic E-state index is 5.04. The highest BCUT2D eigenvalue weighted by Crippen LogP contribution is 2.82. The number of nitrogens with zero attached hydrogens (tertiary/aromatic N) is 3. The fourth-order valence-electron chi connectivity index (χ4n) is 8.68. The zero-order chi connectivity index (χ0) is 25.4. The van der Waals surface area contributed by atoms with Crippen LogP contribution in [0.1, 0.15) is 51.2 Å². The average Bonchev–Trinajstić information content (AvgIpc) is 3.43. The third-order valence-corrected chi connectivity index (χ3v) is 9.93. The minimum absolute atomic E-state index is 0.163. The van der Waals surface area contributed by atoms with Crippen molar-refractivity contribution in [3.63, 3.8) is 0 Å². The van der Waals surface area contributed by atoms with E-state index in [1.807, 2.05) is 6.20 Å². The molecular weight excluding hydrogens is 450 g/mol. The van der Waals surface area contributed by atoms with Gasteiger partial charge in [-0.25, -0.2) is 4.98 Å². The molecule has 1 aromatic heterocycles. The third kappa shape index (κ3) is 2.65. The fraction of sp³-hybridized carbons (Fsp3) is 0.324. The van der Waals surface area contributed by atoms with Crippen molar-refractivity contribution >= 4 is 22.9 Å². The summed E-state index contributed by atoms with van der Waals surface area (Å²) in [5.74, 6) is 1.73. The van der Waals surface area contributed by atoms with Gasteiger partial charge in [-0.1, -0.05) is 81.8 Å². The van der Waals surface area contributed by atoms with Crippen molar-refractivity contribution in [2.45, 2.75) is 58.5 Å². The Hall–Kier alpha value is -3.59. The van der Waals surface area contributed by atoms with E-state index in [1.165, 1.54) is 52.2 Å². The highest BCUT2D eigenvalue weighted by molar-refractivity contribution is 5.91. The molecule has 4 unspecified atom stereocenters. The van der Waals surface area contributed by atoms with E-state index in [-0.39, 0.29) is 17.0 Å². The average molecular weight is 486 g/mol. The summed E-state index contributed by atoms with van der Waals surface area (Å²) in [5, 5.41) is 0. The van der Waals surface area contributed by atoms with Gasteiger partial charge in [0.1, 0.15) is 6.17 Å². The van der Waals surface area contributed by atoms with Crippen LogP contribution >= 0.6 is 0 Å². The minimum Gasteiger partial charge on any atom is -0.316 e. The van der Waals surface area contributed by atoms with E-state index in [0.717, 1.165) is 12.2 Å². The van der Waals surface area contributed by atoms with Gasteiger partial charge < -0.3 is 9.80 Å². The van der Waals surface area contributed by atoms with Crippen molar-refractivity contribution in [1.82, 2.24) is 4.98 Å². The van der Waals surface area contributed by atoms with Crippen LogP contribution in [0.3, 0.4) is 0 Å². The van der Waals surface area contributed by atoms with E-state index in [4.69, 9.17) is 4.98 Å². The number of para-hydroxylation sites is 1. The highest BCUT2D eigenvalue weighted by Gasteiger charge is 2.81. The van der Waals surface area contributed by atoms with E-state index in [2.05, 4.69) is 122 Å². The van der Waals surface area contributed by atoms with Crippen LogP contribution < -0.4 is 9.80 Å². The lowest BCUT2D eigenvalue weighted by Crippen LogP contribution is -2.51. The number of anilines is 4. The van der Waals surface area contributed by atoms with Crippen molar-refractivity contribution in [2.24, 2.45) is 11.3 Å². The van der Waals surface area contributed by atoms with Gasteiger partial charge in [0.15, 0.2) is 5.82 Å². The van der Waals surface area contributed by atoms with Gasteiger partial charge >= 0.3 is 0 Å². The molecule has 0 saturated heterocycles. The van der Waals surface area contributed by atoms with Gasteiger partial charge in [0.2, 0.25) is 0 Å². The lowest BCUT2D eigenvalue weighted by atomic mass is 9.76. The predicted molar refractivity (Wildman–Crippen MR) is 154 cm³/mol. The summed E-state index contributed by atoms with van der Waals surface area (Å²) >= 11 is 0. The number of hydrogen-bond acceptors (Lipinski definition) is 3. The molecule has 1 fully saturated rings. The van der Waals surface area contributed by atoms with Crippen molar-refractivity contribution in [3.8, 4) is 11.1 Å². The molecule has 3 heterocycles. The largest absolute Gasteiger partial charge is 0.316 e. The van der Waals surface area contributed by atoms with E-state index in [1.54, 1.807) is 0 Å². The molecule has 3 heteroatoms. The monoisotopic (exact) mass is 485 g/mol. The first-order chi connectivity index (χ1) is 18.1. The van der Waals surface area contributed by atoms with Crippen LogP contribution in [0.2, 0.25) is 0 Å². The van der Waals surface area contributed by atoms with Crippen molar-refractivity contribution in [1.29, 1.82) is 0 Å². The van der Waals surface area contributed by atoms with Gasteiger partial charge in [-0.3, -0.25) is 0 Å². The van der Waals surface area contributed by atoms with Crippen molar-refractivity contribution < 1.29 is 0 Å². The van der Waals surface area contributed by atoms with Gasteiger partial charge in [-0.15, -0.1) is 0 Å². The molecule has 1 saturated carbocycles. The zero-order valence-corrected chi connectivity index (χ0v) is 22.3. The first-order valence-corrected chi connectivity index (χ1v) is 13.9. The molecule has 7 rings (SSSR count). The topological polar surface area (TPSA) is 19.4 Å². The second kappa shape index (κ2) is 7.95. The SMILES string of the molecule is CCC1C2(CC)c3ccccc3N3c4cccnc4N(c4ccc(-c5ccccc5)cc4C)C3C12CC. The molecule has 0 amide bonds. The molecule has 37 heavy (non-hydrogen) atoms. The summed E-state index contributed by atoms with van der Waals surface area (Å²) in [4.78, 5) is 10.3. The second-order valence-corrected chi connectivity index (χ2v) is 11.0. The molecule has 3 aromatic carbocycles. The third-order valence-electron chi connectivity index (χ3n) is 9.93. The van der Waals surface area contributed by atoms with Crippen LogP contribution in [0.25, 0.3) is 11.1 Å². The maximum Gasteiger partial charge on any atom is 0.158 e. The summed E-state index contributed by atoms with van der Waals surface area (Å²) in [6.07, 6.45) is 5.69. The fourth-order valence-corrected chi connectivity index (χ4v) is 8.68. The summed E-state index contributed by atoms with van der Waals surface area (Å²) in [5.41, 5.74) is 9.58. The Balaban J connectivity index is 1.47. The Kier molecular flexibility index (Phi) is 4.86. The smallest absolute Gasteiger partial charge is 0.158 e. The van der Waals surface area contributed by atoms with E-state index in [0.29, 0.717) is 5.92 Å². The Bertz CT molecular complexity index is 1490. The molecule has 3 nitrogen and oxygen atoms in total. The van der Waals surface area contributed by atoms with Crippen LogP contribution in [-0.4, -0.2) is 11.1 Å². The number of benzene rings is 3. The Morgan fingerprint density at radius 1 is 0.730 bits per heavy atom. The van der Waals surface area contributed by atoms with E-state index < -0.39 is 0 Å². The molecule has 1 aliphatic carbocycles. The van der Waals surface area contributed by atoms with Gasteiger partial charge in [-0.05, 0) is 78.3 Å².